The topological polar surface area (TPSA) is 38.1 Å². The number of rotatable bonds is 2. The molecule has 3 rings (SSSR count). The minimum Gasteiger partial charge on any atom is -0.335 e. The molecule has 0 atom stereocenters. The van der Waals surface area contributed by atoms with Crippen molar-refractivity contribution in [3.63, 3.8) is 0 Å². The lowest BCUT2D eigenvalue weighted by atomic mass is 10.1. The summed E-state index contributed by atoms with van der Waals surface area (Å²) in [7, 11) is 0. The highest BCUT2D eigenvalue weighted by atomic mass is 16.2. The maximum atomic E-state index is 11.4. The molecule has 1 fully saturated rings. The Kier molecular flexibility index (Phi) is 2.44. The Balaban J connectivity index is 1.85. The molecule has 18 heavy (non-hydrogen) atoms. The summed E-state index contributed by atoms with van der Waals surface area (Å²) in [5, 5.41) is 0. The molecule has 92 valence electrons. The van der Waals surface area contributed by atoms with Gasteiger partial charge in [-0.3, -0.25) is 4.79 Å². The van der Waals surface area contributed by atoms with Gasteiger partial charge in [0, 0.05) is 13.1 Å². The van der Waals surface area contributed by atoms with E-state index in [-0.39, 0.29) is 5.91 Å². The Morgan fingerprint density at radius 1 is 1.50 bits per heavy atom. The highest BCUT2D eigenvalue weighted by Gasteiger charge is 2.31. The van der Waals surface area contributed by atoms with Crippen LogP contribution >= 0.6 is 0 Å². The van der Waals surface area contributed by atoms with Crippen LogP contribution in [0.4, 0.5) is 0 Å². The first-order chi connectivity index (χ1) is 8.69. The van der Waals surface area contributed by atoms with Crippen LogP contribution in [-0.4, -0.2) is 33.4 Å². The van der Waals surface area contributed by atoms with Crippen LogP contribution < -0.4 is 0 Å². The largest absolute Gasteiger partial charge is 0.335 e. The first-order valence-corrected chi connectivity index (χ1v) is 6.03. The number of amides is 1. The fourth-order valence-electron chi connectivity index (χ4n) is 2.37. The molecule has 1 aromatic carbocycles. The Morgan fingerprint density at radius 2 is 2.28 bits per heavy atom. The minimum atomic E-state index is 0.00603. The number of hydrogen-bond donors (Lipinski definition) is 0. The third-order valence-electron chi connectivity index (χ3n) is 3.47. The number of aryl methyl sites for hydroxylation is 1. The van der Waals surface area contributed by atoms with Crippen molar-refractivity contribution in [2.75, 3.05) is 13.1 Å². The van der Waals surface area contributed by atoms with E-state index in [4.69, 9.17) is 0 Å². The van der Waals surface area contributed by atoms with Crippen LogP contribution in [-0.2, 0) is 4.79 Å². The maximum absolute atomic E-state index is 11.4. The average Bonchev–Trinajstić information content (AvgIpc) is 2.70. The first kappa shape index (κ1) is 11.0. The molecule has 1 aromatic heterocycles. The van der Waals surface area contributed by atoms with Gasteiger partial charge in [0.25, 0.3) is 0 Å². The van der Waals surface area contributed by atoms with E-state index >= 15 is 0 Å². The normalized spacial score (nSPS) is 15.7. The standard InChI is InChI=1S/C14H15N3O/c1-3-14(18)16-7-11(8-16)17-9-15-12-6-10(2)4-5-13(12)17/h3-6,9,11H,1,7-8H2,2H3. The molecule has 0 N–H and O–H groups in total. The van der Waals surface area contributed by atoms with Gasteiger partial charge in [-0.2, -0.15) is 0 Å². The number of benzene rings is 1. The number of hydrogen-bond acceptors (Lipinski definition) is 2. The van der Waals surface area contributed by atoms with Gasteiger partial charge < -0.3 is 9.47 Å². The lowest BCUT2D eigenvalue weighted by Gasteiger charge is -2.39. The molecular formula is C14H15N3O. The molecular weight excluding hydrogens is 226 g/mol. The van der Waals surface area contributed by atoms with Crippen molar-refractivity contribution in [2.45, 2.75) is 13.0 Å². The number of likely N-dealkylation sites (tertiary alicyclic amines) is 1. The molecule has 1 amide bonds. The van der Waals surface area contributed by atoms with E-state index in [9.17, 15) is 4.79 Å². The molecule has 0 aliphatic carbocycles. The number of fused-ring (bicyclic) bond motifs is 1. The fourth-order valence-corrected chi connectivity index (χ4v) is 2.37. The summed E-state index contributed by atoms with van der Waals surface area (Å²) in [6.45, 7) is 7.04. The van der Waals surface area contributed by atoms with Crippen LogP contribution in [0.3, 0.4) is 0 Å². The molecule has 0 saturated carbocycles. The second kappa shape index (κ2) is 3.98. The van der Waals surface area contributed by atoms with Gasteiger partial charge in [-0.05, 0) is 30.7 Å². The van der Waals surface area contributed by atoms with Crippen molar-refractivity contribution in [1.82, 2.24) is 14.5 Å². The van der Waals surface area contributed by atoms with E-state index in [0.29, 0.717) is 6.04 Å². The molecule has 0 radical (unpaired) electrons. The van der Waals surface area contributed by atoms with Gasteiger partial charge in [0.05, 0.1) is 23.4 Å². The number of nitrogens with zero attached hydrogens (tertiary/aromatic N) is 3. The van der Waals surface area contributed by atoms with Crippen LogP contribution in [0.25, 0.3) is 11.0 Å². The number of aromatic nitrogens is 2. The molecule has 0 unspecified atom stereocenters. The lowest BCUT2D eigenvalue weighted by Crippen LogP contribution is -2.49. The zero-order valence-electron chi connectivity index (χ0n) is 10.3. The van der Waals surface area contributed by atoms with E-state index in [0.717, 1.165) is 24.1 Å². The van der Waals surface area contributed by atoms with Crippen LogP contribution in [0.5, 0.6) is 0 Å². The summed E-state index contributed by atoms with van der Waals surface area (Å²) in [5.74, 6) is 0.00603. The van der Waals surface area contributed by atoms with E-state index in [1.807, 2.05) is 6.33 Å². The van der Waals surface area contributed by atoms with Crippen molar-refractivity contribution < 1.29 is 4.79 Å². The third-order valence-corrected chi connectivity index (χ3v) is 3.47. The summed E-state index contributed by atoms with van der Waals surface area (Å²) in [6.07, 6.45) is 3.23. The summed E-state index contributed by atoms with van der Waals surface area (Å²) in [4.78, 5) is 17.6. The van der Waals surface area contributed by atoms with E-state index < -0.39 is 0 Å². The average molecular weight is 241 g/mol. The summed E-state index contributed by atoms with van der Waals surface area (Å²) in [6, 6.07) is 6.60. The third kappa shape index (κ3) is 1.61. The van der Waals surface area contributed by atoms with Crippen molar-refractivity contribution in [3.05, 3.63) is 42.7 Å². The number of carbonyl (C=O) groups excluding carboxylic acids is 1. The van der Waals surface area contributed by atoms with Crippen LogP contribution in [0.15, 0.2) is 37.2 Å². The first-order valence-electron chi connectivity index (χ1n) is 6.03. The van der Waals surface area contributed by atoms with E-state index in [1.54, 1.807) is 4.90 Å². The molecule has 4 nitrogen and oxygen atoms in total. The Morgan fingerprint density at radius 3 is 3.00 bits per heavy atom. The SMILES string of the molecule is C=CC(=O)N1CC(n2cnc3cc(C)ccc32)C1. The van der Waals surface area contributed by atoms with Crippen molar-refractivity contribution in [2.24, 2.45) is 0 Å². The number of imidazole rings is 1. The van der Waals surface area contributed by atoms with Crippen molar-refractivity contribution in [3.8, 4) is 0 Å². The Hall–Kier alpha value is -2.10. The number of carbonyl (C=O) groups is 1. The van der Waals surface area contributed by atoms with Gasteiger partial charge in [0.2, 0.25) is 5.91 Å². The summed E-state index contributed by atoms with van der Waals surface area (Å²) < 4.78 is 2.15. The van der Waals surface area contributed by atoms with Crippen molar-refractivity contribution in [1.29, 1.82) is 0 Å². The zero-order valence-corrected chi connectivity index (χ0v) is 10.3. The highest BCUT2D eigenvalue weighted by Crippen LogP contribution is 2.26. The van der Waals surface area contributed by atoms with Crippen LogP contribution in [0.1, 0.15) is 11.6 Å². The fraction of sp³-hybridized carbons (Fsp3) is 0.286. The van der Waals surface area contributed by atoms with E-state index in [1.165, 1.54) is 11.6 Å². The molecule has 1 aliphatic heterocycles. The predicted octanol–water partition coefficient (Wildman–Crippen LogP) is 1.91. The molecule has 4 heteroatoms. The van der Waals surface area contributed by atoms with Crippen LogP contribution in [0, 0.1) is 6.92 Å². The Bertz CT molecular complexity index is 623. The molecule has 0 bridgehead atoms. The van der Waals surface area contributed by atoms with Crippen LogP contribution in [0.2, 0.25) is 0 Å². The monoisotopic (exact) mass is 241 g/mol. The summed E-state index contributed by atoms with van der Waals surface area (Å²) >= 11 is 0. The lowest BCUT2D eigenvalue weighted by molar-refractivity contribution is -0.131. The molecule has 2 heterocycles. The molecule has 2 aromatic rings. The van der Waals surface area contributed by atoms with Gasteiger partial charge in [-0.1, -0.05) is 12.6 Å². The highest BCUT2D eigenvalue weighted by molar-refractivity contribution is 5.87. The van der Waals surface area contributed by atoms with Gasteiger partial charge in [0.15, 0.2) is 0 Å². The second-order valence-corrected chi connectivity index (χ2v) is 4.75. The quantitative estimate of drug-likeness (QED) is 0.753. The smallest absolute Gasteiger partial charge is 0.246 e. The van der Waals surface area contributed by atoms with E-state index in [2.05, 4.69) is 41.3 Å². The van der Waals surface area contributed by atoms with Crippen molar-refractivity contribution >= 4 is 16.9 Å². The molecule has 1 aliphatic rings. The summed E-state index contributed by atoms with van der Waals surface area (Å²) in [5.41, 5.74) is 3.37. The van der Waals surface area contributed by atoms with Gasteiger partial charge >= 0.3 is 0 Å². The molecule has 0 spiro atoms. The zero-order chi connectivity index (χ0) is 12.7. The predicted molar refractivity (Wildman–Crippen MR) is 70.3 cm³/mol. The van der Waals surface area contributed by atoms with Gasteiger partial charge in [-0.15, -0.1) is 0 Å². The second-order valence-electron chi connectivity index (χ2n) is 4.75. The maximum Gasteiger partial charge on any atom is 0.246 e. The minimum absolute atomic E-state index is 0.00603. The van der Waals surface area contributed by atoms with Gasteiger partial charge in [-0.25, -0.2) is 4.98 Å². The van der Waals surface area contributed by atoms with Gasteiger partial charge in [0.1, 0.15) is 0 Å². The Labute approximate surface area is 106 Å². The molecule has 1 saturated heterocycles.